The topological polar surface area (TPSA) is 100 Å². The van der Waals surface area contributed by atoms with Crippen LogP contribution < -0.4 is 0 Å². The van der Waals surface area contributed by atoms with Crippen molar-refractivity contribution in [1.82, 2.24) is 0 Å². The van der Waals surface area contributed by atoms with Crippen LogP contribution in [0, 0.1) is 0 Å². The van der Waals surface area contributed by atoms with Gasteiger partial charge in [0.2, 0.25) is 0 Å². The van der Waals surface area contributed by atoms with E-state index in [0.717, 1.165) is 23.0 Å². The van der Waals surface area contributed by atoms with E-state index in [1.807, 2.05) is 131 Å². The second-order valence-corrected chi connectivity index (χ2v) is 14.0. The molecule has 0 saturated carbocycles. The molecular weight excluding hydrogens is 640 g/mol. The Morgan fingerprint density at radius 3 is 1.50 bits per heavy atom. The summed E-state index contributed by atoms with van der Waals surface area (Å²) >= 11 is 0. The van der Waals surface area contributed by atoms with E-state index < -0.39 is 72.8 Å². The zero-order chi connectivity index (χ0) is 34.7. The van der Waals surface area contributed by atoms with Crippen LogP contribution in [0.2, 0.25) is 0 Å². The quantitative estimate of drug-likeness (QED) is 0.175. The number of carbonyl (C=O) groups is 1. The van der Waals surface area contributed by atoms with Crippen LogP contribution >= 0.6 is 0 Å². The molecule has 0 aromatic heterocycles. The van der Waals surface area contributed by atoms with Crippen molar-refractivity contribution in [3.8, 4) is 0 Å². The molecule has 0 aliphatic carbocycles. The number of aldehydes is 1. The van der Waals surface area contributed by atoms with Crippen molar-refractivity contribution in [2.45, 2.75) is 120 Å². The van der Waals surface area contributed by atoms with Crippen LogP contribution in [-0.2, 0) is 67.2 Å². The van der Waals surface area contributed by atoms with Gasteiger partial charge >= 0.3 is 0 Å². The van der Waals surface area contributed by atoms with E-state index in [4.69, 9.17) is 42.6 Å². The molecule has 50 heavy (non-hydrogen) atoms. The minimum absolute atomic E-state index is 0.267. The fraction of sp³-hybridized carbons (Fsp3) is 0.475. The van der Waals surface area contributed by atoms with Crippen molar-refractivity contribution in [3.05, 3.63) is 120 Å². The summed E-state index contributed by atoms with van der Waals surface area (Å²) in [5.74, 6) is -1.69. The van der Waals surface area contributed by atoms with Crippen molar-refractivity contribution in [2.24, 2.45) is 0 Å². The normalized spacial score (nSPS) is 34.3. The van der Waals surface area contributed by atoms with Gasteiger partial charge in [-0.05, 0) is 44.4 Å². The van der Waals surface area contributed by atoms with Crippen molar-refractivity contribution in [2.75, 3.05) is 0 Å². The largest absolute Gasteiger partial charge is 0.368 e. The Labute approximate surface area is 293 Å². The molecule has 4 aliphatic rings. The Bertz CT molecular complexity index is 1560. The van der Waals surface area contributed by atoms with Crippen molar-refractivity contribution < 1.29 is 47.4 Å². The molecule has 266 valence electrons. The third-order valence-electron chi connectivity index (χ3n) is 9.28. The summed E-state index contributed by atoms with van der Waals surface area (Å²) in [4.78, 5) is 12.7. The van der Waals surface area contributed by atoms with Gasteiger partial charge in [0.25, 0.3) is 0 Å². The van der Waals surface area contributed by atoms with E-state index in [1.165, 1.54) is 0 Å². The molecular formula is C40H46O10. The maximum atomic E-state index is 12.7. The van der Waals surface area contributed by atoms with Crippen LogP contribution in [0.3, 0.4) is 0 Å². The molecule has 0 amide bonds. The van der Waals surface area contributed by atoms with E-state index in [0.29, 0.717) is 6.61 Å². The van der Waals surface area contributed by atoms with E-state index in [9.17, 15) is 4.79 Å². The Kier molecular flexibility index (Phi) is 10.6. The molecule has 0 bridgehead atoms. The fourth-order valence-electron chi connectivity index (χ4n) is 7.05. The van der Waals surface area contributed by atoms with Gasteiger partial charge in [-0.15, -0.1) is 0 Å². The Hall–Kier alpha value is -3.29. The second-order valence-electron chi connectivity index (χ2n) is 14.0. The van der Waals surface area contributed by atoms with Crippen LogP contribution in [0.4, 0.5) is 0 Å². The fourth-order valence-corrected chi connectivity index (χ4v) is 7.05. The molecule has 0 spiro atoms. The van der Waals surface area contributed by atoms with Gasteiger partial charge in [-0.1, -0.05) is 103 Å². The van der Waals surface area contributed by atoms with Gasteiger partial charge < -0.3 is 47.4 Å². The van der Waals surface area contributed by atoms with Crippen molar-refractivity contribution in [3.63, 3.8) is 0 Å². The van der Waals surface area contributed by atoms with E-state index in [-0.39, 0.29) is 13.2 Å². The molecule has 3 aromatic carbocycles. The zero-order valence-electron chi connectivity index (χ0n) is 28.9. The highest BCUT2D eigenvalue weighted by atomic mass is 16.9. The van der Waals surface area contributed by atoms with Crippen molar-refractivity contribution in [1.29, 1.82) is 0 Å². The minimum Gasteiger partial charge on any atom is -0.368 e. The first-order valence-electron chi connectivity index (χ1n) is 17.3. The van der Waals surface area contributed by atoms with Gasteiger partial charge in [0.1, 0.15) is 54.9 Å². The number of carbonyl (C=O) groups excluding carboxylic acids is 1. The molecule has 4 saturated heterocycles. The molecule has 10 nitrogen and oxygen atoms in total. The first kappa shape index (κ1) is 35.1. The number of rotatable bonds is 12. The average molecular weight is 687 g/mol. The second kappa shape index (κ2) is 15.1. The summed E-state index contributed by atoms with van der Waals surface area (Å²) in [7, 11) is 0. The third-order valence-corrected chi connectivity index (χ3v) is 9.28. The highest BCUT2D eigenvalue weighted by molar-refractivity contribution is 5.58. The predicted molar refractivity (Wildman–Crippen MR) is 181 cm³/mol. The maximum absolute atomic E-state index is 12.7. The molecule has 4 heterocycles. The van der Waals surface area contributed by atoms with E-state index >= 15 is 0 Å². The summed E-state index contributed by atoms with van der Waals surface area (Å²) in [6.07, 6.45) is -1.77. The predicted octanol–water partition coefficient (Wildman–Crippen LogP) is 5.66. The summed E-state index contributed by atoms with van der Waals surface area (Å²) in [6, 6.07) is 29.6. The van der Waals surface area contributed by atoms with Gasteiger partial charge in [-0.2, -0.15) is 0 Å². The molecule has 3 aromatic rings. The summed E-state index contributed by atoms with van der Waals surface area (Å²) in [5, 5.41) is 0. The number of fused-ring (bicyclic) bond motifs is 3. The molecule has 0 unspecified atom stereocenters. The molecule has 10 heteroatoms. The van der Waals surface area contributed by atoms with Crippen LogP contribution in [0.5, 0.6) is 0 Å². The van der Waals surface area contributed by atoms with E-state index in [2.05, 4.69) is 0 Å². The third kappa shape index (κ3) is 8.10. The molecule has 0 radical (unpaired) electrons. The van der Waals surface area contributed by atoms with Crippen LogP contribution in [-0.4, -0.2) is 79.1 Å². The Morgan fingerprint density at radius 2 is 0.960 bits per heavy atom. The number of benzene rings is 3. The molecule has 4 aliphatic heterocycles. The lowest BCUT2D eigenvalue weighted by molar-refractivity contribution is -0.248. The van der Waals surface area contributed by atoms with Gasteiger partial charge in [0.15, 0.2) is 24.2 Å². The summed E-state index contributed by atoms with van der Waals surface area (Å²) in [6.45, 7) is 8.30. The molecule has 7 rings (SSSR count). The molecule has 4 fully saturated rings. The first-order valence-corrected chi connectivity index (χ1v) is 17.3. The number of hydrogen-bond acceptors (Lipinski definition) is 10. The van der Waals surface area contributed by atoms with Crippen LogP contribution in [0.1, 0.15) is 44.4 Å². The number of ether oxygens (including phenoxy) is 9. The molecule has 10 atom stereocenters. The standard InChI is InChI=1S/C40H46O10/c1-39(2)47-34-30(46-38-37(36(34)48-39)49-40(3,4)50-38)21-20-29-32(42-23-26-14-8-5-9-15-26)35(44-25-28-18-12-7-13-19-28)33(31(22-41)45-29)43-24-27-16-10-6-11-17-27/h5-22,29-38H,23-25H2,1-4H3/b21-20-/t29-,30+,31+,32-,33-,34-,35+,36-,37+,38+/m0/s1. The minimum atomic E-state index is -0.938. The number of hydrogen-bond donors (Lipinski definition) is 0. The summed E-state index contributed by atoms with van der Waals surface area (Å²) < 4.78 is 57.7. The lowest BCUT2D eigenvalue weighted by Crippen LogP contribution is -2.60. The highest BCUT2D eigenvalue weighted by Gasteiger charge is 2.60. The average Bonchev–Trinajstić information content (AvgIpc) is 3.62. The summed E-state index contributed by atoms with van der Waals surface area (Å²) in [5.41, 5.74) is 2.94. The van der Waals surface area contributed by atoms with Gasteiger partial charge in [-0.3, -0.25) is 0 Å². The van der Waals surface area contributed by atoms with Gasteiger partial charge in [-0.25, -0.2) is 0 Å². The van der Waals surface area contributed by atoms with Crippen molar-refractivity contribution >= 4 is 6.29 Å². The highest BCUT2D eigenvalue weighted by Crippen LogP contribution is 2.44. The van der Waals surface area contributed by atoms with Crippen LogP contribution in [0.15, 0.2) is 103 Å². The lowest BCUT2D eigenvalue weighted by atomic mass is 9.92. The zero-order valence-corrected chi connectivity index (χ0v) is 28.9. The Morgan fingerprint density at radius 1 is 0.520 bits per heavy atom. The smallest absolute Gasteiger partial charge is 0.190 e. The van der Waals surface area contributed by atoms with Crippen LogP contribution in [0.25, 0.3) is 0 Å². The van der Waals surface area contributed by atoms with Gasteiger partial charge in [0, 0.05) is 0 Å². The monoisotopic (exact) mass is 686 g/mol. The van der Waals surface area contributed by atoms with Gasteiger partial charge in [0.05, 0.1) is 19.8 Å². The SMILES string of the molecule is CC1(C)O[C@H]2[C@@H](O1)[C@@H](/C=C\[C@@H]1O[C@H](C=O)[C@H](OCc3ccccc3)[C@H](OCc3ccccc3)[C@H]1OCc1ccccc1)O[C@@H]1OC(C)(C)O[C@@H]12. The maximum Gasteiger partial charge on any atom is 0.190 e. The first-order chi connectivity index (χ1) is 24.2. The Balaban J connectivity index is 1.19. The molecule has 0 N–H and O–H groups in total. The lowest BCUT2D eigenvalue weighted by Gasteiger charge is -2.44. The van der Waals surface area contributed by atoms with E-state index in [1.54, 1.807) is 0 Å².